The van der Waals surface area contributed by atoms with Crippen LogP contribution >= 0.6 is 0 Å². The average molecular weight is 374 g/mol. The van der Waals surface area contributed by atoms with E-state index < -0.39 is 27.8 Å². The van der Waals surface area contributed by atoms with Gasteiger partial charge in [0.25, 0.3) is 0 Å². The number of sulfonamides is 1. The topological polar surface area (TPSA) is 74.8 Å². The Labute approximate surface area is 141 Å². The number of hydrogen-bond acceptors (Lipinski definition) is 4. The number of likely N-dealkylation sites (tertiary alicyclic amines) is 1. The van der Waals surface area contributed by atoms with Crippen molar-refractivity contribution in [3.63, 3.8) is 0 Å². The van der Waals surface area contributed by atoms with Gasteiger partial charge < -0.3 is 0 Å². The van der Waals surface area contributed by atoms with Crippen LogP contribution in [0.2, 0.25) is 0 Å². The normalized spacial score (nSPS) is 27.4. The molecule has 2 amide bonds. The van der Waals surface area contributed by atoms with Crippen molar-refractivity contribution in [2.45, 2.75) is 23.5 Å². The number of fused-ring (bicyclic) bond motifs is 1. The molecule has 3 fully saturated rings. The van der Waals surface area contributed by atoms with Crippen LogP contribution in [0.4, 0.5) is 13.2 Å². The molecule has 0 N–H and O–H groups in total. The molecule has 2 atom stereocenters. The fourth-order valence-electron chi connectivity index (χ4n) is 3.31. The number of benzene rings is 1. The molecule has 2 saturated heterocycles. The number of hydrogen-bond donors (Lipinski definition) is 0. The standard InChI is InChI=1S/C15H13F3N2O4S/c16-15(17,18)8-1-3-10(4-2-8)25(23,24)19-6-9(7-19)20-13(21)11-5-12(11)14(20)22/h1-4,9,11-12H,5-7H2. The molecule has 0 aromatic heterocycles. The molecule has 2 aliphatic heterocycles. The molecule has 25 heavy (non-hydrogen) atoms. The highest BCUT2D eigenvalue weighted by Crippen LogP contribution is 2.48. The zero-order valence-electron chi connectivity index (χ0n) is 12.7. The Hall–Kier alpha value is -1.94. The molecule has 1 aromatic rings. The Balaban J connectivity index is 1.46. The molecule has 1 saturated carbocycles. The van der Waals surface area contributed by atoms with Gasteiger partial charge in [-0.2, -0.15) is 17.5 Å². The van der Waals surface area contributed by atoms with E-state index in [4.69, 9.17) is 0 Å². The van der Waals surface area contributed by atoms with Gasteiger partial charge in [-0.1, -0.05) is 0 Å². The van der Waals surface area contributed by atoms with E-state index in [0.29, 0.717) is 18.6 Å². The highest BCUT2D eigenvalue weighted by atomic mass is 32.2. The Morgan fingerprint density at radius 3 is 1.96 bits per heavy atom. The Bertz CT molecular complexity index is 840. The van der Waals surface area contributed by atoms with E-state index >= 15 is 0 Å². The second kappa shape index (κ2) is 5.04. The lowest BCUT2D eigenvalue weighted by atomic mass is 10.1. The number of alkyl halides is 3. The predicted octanol–water partition coefficient (Wildman–Crippen LogP) is 1.08. The summed E-state index contributed by atoms with van der Waals surface area (Å²) in [5.41, 5.74) is -0.930. The van der Waals surface area contributed by atoms with Crippen LogP contribution < -0.4 is 0 Å². The van der Waals surface area contributed by atoms with Crippen molar-refractivity contribution in [3.05, 3.63) is 29.8 Å². The van der Waals surface area contributed by atoms with Crippen LogP contribution in [0, 0.1) is 11.8 Å². The van der Waals surface area contributed by atoms with Crippen molar-refractivity contribution in [3.8, 4) is 0 Å². The summed E-state index contributed by atoms with van der Waals surface area (Å²) >= 11 is 0. The molecule has 3 aliphatic rings. The van der Waals surface area contributed by atoms with Gasteiger partial charge in [-0.05, 0) is 30.7 Å². The van der Waals surface area contributed by atoms with E-state index in [1.54, 1.807) is 0 Å². The molecule has 0 spiro atoms. The first-order valence-corrected chi connectivity index (χ1v) is 9.09. The molecule has 2 unspecified atom stereocenters. The minimum Gasteiger partial charge on any atom is -0.276 e. The van der Waals surface area contributed by atoms with E-state index in [-0.39, 0.29) is 41.6 Å². The second-order valence-electron chi connectivity index (χ2n) is 6.49. The molecular weight excluding hydrogens is 361 g/mol. The maximum absolute atomic E-state index is 12.6. The molecule has 1 aliphatic carbocycles. The van der Waals surface area contributed by atoms with Gasteiger partial charge in [-0.3, -0.25) is 14.5 Å². The van der Waals surface area contributed by atoms with Crippen LogP contribution in [0.1, 0.15) is 12.0 Å². The van der Waals surface area contributed by atoms with Crippen LogP contribution in [0.15, 0.2) is 29.2 Å². The number of nitrogens with zero attached hydrogens (tertiary/aromatic N) is 2. The largest absolute Gasteiger partial charge is 0.416 e. The number of carbonyl (C=O) groups is 2. The van der Waals surface area contributed by atoms with Gasteiger partial charge in [0.15, 0.2) is 0 Å². The Morgan fingerprint density at radius 2 is 1.48 bits per heavy atom. The zero-order valence-corrected chi connectivity index (χ0v) is 13.5. The minimum absolute atomic E-state index is 0.0275. The van der Waals surface area contributed by atoms with Gasteiger partial charge in [0.05, 0.1) is 28.3 Å². The lowest BCUT2D eigenvalue weighted by Crippen LogP contribution is -2.62. The number of imide groups is 1. The number of piperidine rings is 1. The van der Waals surface area contributed by atoms with Crippen LogP contribution in [0.5, 0.6) is 0 Å². The van der Waals surface area contributed by atoms with Crippen molar-refractivity contribution >= 4 is 21.8 Å². The van der Waals surface area contributed by atoms with Gasteiger partial charge >= 0.3 is 6.18 Å². The molecule has 0 bridgehead atoms. The van der Waals surface area contributed by atoms with Gasteiger partial charge in [0, 0.05) is 13.1 Å². The molecular formula is C15H13F3N2O4S. The van der Waals surface area contributed by atoms with Crippen LogP contribution in [-0.2, 0) is 25.8 Å². The molecule has 134 valence electrons. The lowest BCUT2D eigenvalue weighted by molar-refractivity contribution is -0.146. The van der Waals surface area contributed by atoms with Crippen molar-refractivity contribution in [1.29, 1.82) is 0 Å². The lowest BCUT2D eigenvalue weighted by Gasteiger charge is -2.42. The van der Waals surface area contributed by atoms with Gasteiger partial charge in [0.1, 0.15) is 0 Å². The number of carbonyl (C=O) groups excluding carboxylic acids is 2. The van der Waals surface area contributed by atoms with Crippen molar-refractivity contribution in [1.82, 2.24) is 9.21 Å². The highest BCUT2D eigenvalue weighted by molar-refractivity contribution is 7.89. The summed E-state index contributed by atoms with van der Waals surface area (Å²) in [6.07, 6.45) is -3.96. The average Bonchev–Trinajstić information content (AvgIpc) is 3.24. The first kappa shape index (κ1) is 16.5. The van der Waals surface area contributed by atoms with E-state index in [1.165, 1.54) is 0 Å². The summed E-state index contributed by atoms with van der Waals surface area (Å²) < 4.78 is 63.6. The van der Waals surface area contributed by atoms with E-state index in [0.717, 1.165) is 21.3 Å². The fraction of sp³-hybridized carbons (Fsp3) is 0.467. The van der Waals surface area contributed by atoms with Gasteiger partial charge in [-0.25, -0.2) is 8.42 Å². The van der Waals surface area contributed by atoms with Crippen LogP contribution in [0.25, 0.3) is 0 Å². The summed E-state index contributed by atoms with van der Waals surface area (Å²) in [7, 11) is -3.95. The zero-order chi connectivity index (χ0) is 18.1. The summed E-state index contributed by atoms with van der Waals surface area (Å²) in [6.45, 7) is -0.0550. The quantitative estimate of drug-likeness (QED) is 0.743. The van der Waals surface area contributed by atoms with E-state index in [2.05, 4.69) is 0 Å². The minimum atomic E-state index is -4.54. The third-order valence-electron chi connectivity index (χ3n) is 4.91. The summed E-state index contributed by atoms with van der Waals surface area (Å²) in [5.74, 6) is -0.973. The Kier molecular flexibility index (Phi) is 3.33. The maximum Gasteiger partial charge on any atom is 0.416 e. The molecule has 4 rings (SSSR count). The Morgan fingerprint density at radius 1 is 0.960 bits per heavy atom. The monoisotopic (exact) mass is 374 g/mol. The third kappa shape index (κ3) is 2.46. The summed E-state index contributed by atoms with van der Waals surface area (Å²) in [6, 6.07) is 2.76. The molecule has 2 heterocycles. The number of rotatable bonds is 3. The van der Waals surface area contributed by atoms with Gasteiger partial charge in [-0.15, -0.1) is 0 Å². The SMILES string of the molecule is O=C1C2CC2C(=O)N1C1CN(S(=O)(=O)c2ccc(C(F)(F)F)cc2)C1. The smallest absolute Gasteiger partial charge is 0.276 e. The predicted molar refractivity (Wildman–Crippen MR) is 77.4 cm³/mol. The van der Waals surface area contributed by atoms with Crippen molar-refractivity contribution < 1.29 is 31.2 Å². The van der Waals surface area contributed by atoms with Crippen molar-refractivity contribution in [2.75, 3.05) is 13.1 Å². The van der Waals surface area contributed by atoms with E-state index in [9.17, 15) is 31.2 Å². The first-order chi connectivity index (χ1) is 11.6. The van der Waals surface area contributed by atoms with Crippen LogP contribution in [-0.4, -0.2) is 48.6 Å². The summed E-state index contributed by atoms with van der Waals surface area (Å²) in [5, 5.41) is 0. The molecule has 6 nitrogen and oxygen atoms in total. The molecule has 1 aromatic carbocycles. The molecule has 10 heteroatoms. The second-order valence-corrected chi connectivity index (χ2v) is 8.43. The summed E-state index contributed by atoms with van der Waals surface area (Å²) in [4.78, 5) is 24.9. The first-order valence-electron chi connectivity index (χ1n) is 7.65. The van der Waals surface area contributed by atoms with Crippen LogP contribution in [0.3, 0.4) is 0 Å². The van der Waals surface area contributed by atoms with Gasteiger partial charge in [0.2, 0.25) is 21.8 Å². The van der Waals surface area contributed by atoms with Crippen molar-refractivity contribution in [2.24, 2.45) is 11.8 Å². The van der Waals surface area contributed by atoms with E-state index in [1.807, 2.05) is 0 Å². The fourth-order valence-corrected chi connectivity index (χ4v) is 4.82. The third-order valence-corrected chi connectivity index (χ3v) is 6.76. The molecule has 0 radical (unpaired) electrons. The highest BCUT2D eigenvalue weighted by Gasteiger charge is 2.61. The maximum atomic E-state index is 12.6. The number of halogens is 3. The number of amides is 2.